The van der Waals surface area contributed by atoms with E-state index in [-0.39, 0.29) is 15.9 Å². The first kappa shape index (κ1) is 31.5. The van der Waals surface area contributed by atoms with Gasteiger partial charge in [0.1, 0.15) is 15.9 Å². The number of hydrogen-bond donors (Lipinski definition) is 0. The summed E-state index contributed by atoms with van der Waals surface area (Å²) >= 11 is -1.50. The molecular formula is C36H31AsCl2PPd+. The van der Waals surface area contributed by atoms with Crippen molar-refractivity contribution in [1.82, 2.24) is 0 Å². The summed E-state index contributed by atoms with van der Waals surface area (Å²) in [6, 6.07) is 65.2. The molecule has 0 amide bonds. The molecule has 41 heavy (non-hydrogen) atoms. The fourth-order valence-corrected chi connectivity index (χ4v) is 11.9. The molecule has 0 fully saturated rings. The van der Waals surface area contributed by atoms with Crippen molar-refractivity contribution in [2.75, 3.05) is 0 Å². The van der Waals surface area contributed by atoms with Gasteiger partial charge in [0.25, 0.3) is 0 Å². The normalized spacial score (nSPS) is 10.3. The van der Waals surface area contributed by atoms with Crippen LogP contribution in [0.15, 0.2) is 182 Å². The van der Waals surface area contributed by atoms with Crippen LogP contribution in [0.25, 0.3) is 0 Å². The zero-order valence-electron chi connectivity index (χ0n) is 22.3. The van der Waals surface area contributed by atoms with E-state index in [2.05, 4.69) is 182 Å². The maximum absolute atomic E-state index is 4.81. The monoisotopic (exact) mass is 745 g/mol. The van der Waals surface area contributed by atoms with E-state index < -0.39 is 22.6 Å². The van der Waals surface area contributed by atoms with Crippen molar-refractivity contribution < 1.29 is 15.9 Å². The van der Waals surface area contributed by atoms with Crippen LogP contribution in [0.2, 0.25) is 0 Å². The van der Waals surface area contributed by atoms with E-state index in [0.717, 1.165) is 0 Å². The third-order valence-electron chi connectivity index (χ3n) is 6.23. The Kier molecular flexibility index (Phi) is 14.0. The summed E-state index contributed by atoms with van der Waals surface area (Å²) in [5.41, 5.74) is 0. The summed E-state index contributed by atoms with van der Waals surface area (Å²) in [5.74, 6) is 0. The molecule has 0 atom stereocenters. The van der Waals surface area contributed by atoms with E-state index >= 15 is 0 Å². The summed E-state index contributed by atoms with van der Waals surface area (Å²) in [7, 11) is 8.75. The maximum atomic E-state index is 4.81. The molecule has 208 valence electrons. The van der Waals surface area contributed by atoms with Gasteiger partial charge in [-0.3, -0.25) is 0 Å². The fourth-order valence-electron chi connectivity index (χ4n) is 4.49. The standard InChI is InChI=1S/C18H15As.C18H15P.2ClH.Pd/c2*1-4-10-16(11-5-1)19(17-12-6-2-7-13-17)18-14-8-3-9-15-18;;;/h2*1-15H;2*1H;/q;;;;+2/p-1. The molecule has 0 spiro atoms. The molecule has 0 aliphatic rings. The second-order valence-electron chi connectivity index (χ2n) is 8.86. The van der Waals surface area contributed by atoms with E-state index in [9.17, 15) is 0 Å². The molecule has 0 saturated carbocycles. The first-order valence-electron chi connectivity index (χ1n) is 13.1. The van der Waals surface area contributed by atoms with Crippen LogP contribution in [-0.4, -0.2) is 14.7 Å². The van der Waals surface area contributed by atoms with Crippen LogP contribution in [-0.2, 0) is 15.9 Å². The number of benzene rings is 6. The molecule has 6 rings (SSSR count). The first-order chi connectivity index (χ1) is 20.3. The second-order valence-corrected chi connectivity index (χ2v) is 18.4. The minimum Gasteiger partial charge on any atom is -0.0620 e. The zero-order valence-corrected chi connectivity index (χ0v) is 28.3. The molecule has 6 aromatic carbocycles. The van der Waals surface area contributed by atoms with Crippen LogP contribution in [0.3, 0.4) is 0 Å². The average Bonchev–Trinajstić information content (AvgIpc) is 3.05. The van der Waals surface area contributed by atoms with Gasteiger partial charge in [-0.1, -0.05) is 54.6 Å². The topological polar surface area (TPSA) is 0 Å². The SMILES string of the molecule is [Cl][Pd][Cl].c1ccc([As](c2ccccc2)c2ccccc2)cc1.c1ccc([PH+](c2ccccc2)c2ccccc2)cc1. The van der Waals surface area contributed by atoms with Crippen molar-refractivity contribution in [2.45, 2.75) is 0 Å². The third kappa shape index (κ3) is 9.81. The summed E-state index contributed by atoms with van der Waals surface area (Å²) in [4.78, 5) is 0. The molecule has 0 unspecified atom stereocenters. The predicted molar refractivity (Wildman–Crippen MR) is 182 cm³/mol. The van der Waals surface area contributed by atoms with Crippen molar-refractivity contribution in [2.24, 2.45) is 0 Å². The molecule has 0 aliphatic carbocycles. The van der Waals surface area contributed by atoms with Gasteiger partial charge in [-0.05, 0) is 36.4 Å². The van der Waals surface area contributed by atoms with Gasteiger partial charge in [-0.25, -0.2) is 0 Å². The van der Waals surface area contributed by atoms with Gasteiger partial charge in [0.2, 0.25) is 0 Å². The first-order valence-corrected chi connectivity index (χ1v) is 21.4. The summed E-state index contributed by atoms with van der Waals surface area (Å²) < 4.78 is 4.44. The molecule has 5 heteroatoms. The van der Waals surface area contributed by atoms with Crippen LogP contribution in [0.4, 0.5) is 0 Å². The fraction of sp³-hybridized carbons (Fsp3) is 0. The summed E-state index contributed by atoms with van der Waals surface area (Å²) in [6.45, 7) is 0. The van der Waals surface area contributed by atoms with Crippen molar-refractivity contribution >= 4 is 70.6 Å². The molecule has 6 aromatic rings. The van der Waals surface area contributed by atoms with Gasteiger partial charge < -0.3 is 0 Å². The Morgan fingerprint density at radius 1 is 0.341 bits per heavy atom. The molecule has 0 saturated heterocycles. The number of hydrogen-bond acceptors (Lipinski definition) is 0. The van der Waals surface area contributed by atoms with Gasteiger partial charge in [-0.2, -0.15) is 0 Å². The Labute approximate surface area is 266 Å². The average molecular weight is 747 g/mol. The van der Waals surface area contributed by atoms with Crippen molar-refractivity contribution in [1.29, 1.82) is 0 Å². The van der Waals surface area contributed by atoms with E-state index in [1.54, 1.807) is 0 Å². The zero-order chi connectivity index (χ0) is 28.5. The van der Waals surface area contributed by atoms with Crippen LogP contribution >= 0.6 is 27.0 Å². The second kappa shape index (κ2) is 18.2. The molecule has 0 aromatic heterocycles. The van der Waals surface area contributed by atoms with E-state index in [1.807, 2.05) is 0 Å². The van der Waals surface area contributed by atoms with Gasteiger partial charge in [0.15, 0.2) is 0 Å². The molecule has 0 nitrogen and oxygen atoms in total. The molecule has 0 radical (unpaired) electrons. The minimum atomic E-state index is -1.39. The molecule has 0 heterocycles. The van der Waals surface area contributed by atoms with Gasteiger partial charge in [-0.15, -0.1) is 0 Å². The van der Waals surface area contributed by atoms with Crippen molar-refractivity contribution in [3.05, 3.63) is 182 Å². The Morgan fingerprint density at radius 2 is 0.537 bits per heavy atom. The summed E-state index contributed by atoms with van der Waals surface area (Å²) in [6.07, 6.45) is 0. The van der Waals surface area contributed by atoms with E-state index in [1.165, 1.54) is 29.0 Å². The van der Waals surface area contributed by atoms with Crippen LogP contribution in [0, 0.1) is 0 Å². The van der Waals surface area contributed by atoms with Gasteiger partial charge >= 0.3 is 154 Å². The minimum absolute atomic E-state index is 0.106. The van der Waals surface area contributed by atoms with Gasteiger partial charge in [0, 0.05) is 0 Å². The number of rotatable bonds is 6. The van der Waals surface area contributed by atoms with Crippen LogP contribution in [0.1, 0.15) is 0 Å². The quantitative estimate of drug-likeness (QED) is 0.131. The predicted octanol–water partition coefficient (Wildman–Crippen LogP) is 6.76. The Balaban J connectivity index is 0.000000173. The van der Waals surface area contributed by atoms with Crippen molar-refractivity contribution in [3.8, 4) is 0 Å². The van der Waals surface area contributed by atoms with Gasteiger partial charge in [0.05, 0.1) is 7.92 Å². The van der Waals surface area contributed by atoms with Crippen LogP contribution < -0.4 is 29.0 Å². The molecule has 0 N–H and O–H groups in total. The Hall–Kier alpha value is -2.45. The maximum Gasteiger partial charge on any atom is 0.102 e. The largest absolute Gasteiger partial charge is 0.102 e. The number of halogens is 2. The van der Waals surface area contributed by atoms with E-state index in [4.69, 9.17) is 19.1 Å². The van der Waals surface area contributed by atoms with Crippen LogP contribution in [0.5, 0.6) is 0 Å². The Morgan fingerprint density at radius 3 is 0.756 bits per heavy atom. The third-order valence-corrected chi connectivity index (χ3v) is 14.1. The molecule has 0 aliphatic heterocycles. The molecule has 0 bridgehead atoms. The molecular weight excluding hydrogens is 716 g/mol. The summed E-state index contributed by atoms with van der Waals surface area (Å²) in [5, 5.41) is 4.31. The smallest absolute Gasteiger partial charge is 0.0620 e. The van der Waals surface area contributed by atoms with E-state index in [0.29, 0.717) is 0 Å². The van der Waals surface area contributed by atoms with Crippen molar-refractivity contribution in [3.63, 3.8) is 0 Å². The Bertz CT molecular complexity index is 1200.